The van der Waals surface area contributed by atoms with E-state index < -0.39 is 5.60 Å². The van der Waals surface area contributed by atoms with Gasteiger partial charge in [-0.1, -0.05) is 0 Å². The van der Waals surface area contributed by atoms with Crippen LogP contribution in [0.3, 0.4) is 0 Å². The Bertz CT molecular complexity index is 807. The van der Waals surface area contributed by atoms with Crippen molar-refractivity contribution >= 4 is 11.9 Å². The number of rotatable bonds is 2. The molecule has 0 radical (unpaired) electrons. The van der Waals surface area contributed by atoms with Crippen molar-refractivity contribution in [3.63, 3.8) is 0 Å². The van der Waals surface area contributed by atoms with Crippen LogP contribution < -0.4 is 4.90 Å². The maximum Gasteiger partial charge on any atom is 0.410 e. The van der Waals surface area contributed by atoms with Gasteiger partial charge in [0.25, 0.3) is 0 Å². The van der Waals surface area contributed by atoms with E-state index in [-0.39, 0.29) is 11.8 Å². The highest BCUT2D eigenvalue weighted by atomic mass is 16.6. The van der Waals surface area contributed by atoms with E-state index in [4.69, 9.17) is 9.72 Å². The number of phenolic OH excluding ortho intramolecular Hbond substituents is 1. The SMILES string of the molecule is Cc1cnc(-c2ccc(O)cc2)nc1N1CCN(C(=O)OC(C)(C)C)CC1. The number of carbonyl (C=O) groups is 1. The number of amides is 1. The van der Waals surface area contributed by atoms with Gasteiger partial charge in [0, 0.05) is 43.5 Å². The minimum absolute atomic E-state index is 0.212. The fraction of sp³-hybridized carbons (Fsp3) is 0.450. The van der Waals surface area contributed by atoms with Gasteiger partial charge >= 0.3 is 6.09 Å². The first-order valence-corrected chi connectivity index (χ1v) is 9.09. The highest BCUT2D eigenvalue weighted by Gasteiger charge is 2.27. The molecule has 1 N–H and O–H groups in total. The number of benzene rings is 1. The summed E-state index contributed by atoms with van der Waals surface area (Å²) in [5, 5.41) is 9.45. The van der Waals surface area contributed by atoms with Crippen LogP contribution in [0.4, 0.5) is 10.6 Å². The largest absolute Gasteiger partial charge is 0.508 e. The second-order valence-electron chi connectivity index (χ2n) is 7.70. The molecule has 0 atom stereocenters. The van der Waals surface area contributed by atoms with Gasteiger partial charge in [0.1, 0.15) is 17.2 Å². The van der Waals surface area contributed by atoms with Crippen LogP contribution >= 0.6 is 0 Å². The predicted octanol–water partition coefficient (Wildman–Crippen LogP) is 3.21. The zero-order chi connectivity index (χ0) is 19.6. The monoisotopic (exact) mass is 370 g/mol. The highest BCUT2D eigenvalue weighted by molar-refractivity contribution is 5.68. The van der Waals surface area contributed by atoms with E-state index in [0.29, 0.717) is 32.0 Å². The van der Waals surface area contributed by atoms with Crippen molar-refractivity contribution in [3.8, 4) is 17.1 Å². The van der Waals surface area contributed by atoms with Crippen molar-refractivity contribution in [2.75, 3.05) is 31.1 Å². The van der Waals surface area contributed by atoms with Gasteiger partial charge in [-0.25, -0.2) is 14.8 Å². The molecular weight excluding hydrogens is 344 g/mol. The number of piperazine rings is 1. The minimum Gasteiger partial charge on any atom is -0.508 e. The number of aromatic hydroxyl groups is 1. The van der Waals surface area contributed by atoms with Crippen LogP contribution in [0, 0.1) is 6.92 Å². The average Bonchev–Trinajstić information content (AvgIpc) is 2.62. The first-order chi connectivity index (χ1) is 12.7. The molecule has 7 nitrogen and oxygen atoms in total. The molecule has 0 spiro atoms. The summed E-state index contributed by atoms with van der Waals surface area (Å²) in [6.07, 6.45) is 1.54. The zero-order valence-corrected chi connectivity index (χ0v) is 16.3. The van der Waals surface area contributed by atoms with Gasteiger partial charge in [-0.2, -0.15) is 0 Å². The average molecular weight is 370 g/mol. The summed E-state index contributed by atoms with van der Waals surface area (Å²) in [6.45, 7) is 10.1. The van der Waals surface area contributed by atoms with Gasteiger partial charge < -0.3 is 19.6 Å². The third kappa shape index (κ3) is 4.67. The van der Waals surface area contributed by atoms with Crippen molar-refractivity contribution in [1.82, 2.24) is 14.9 Å². The molecule has 7 heteroatoms. The fourth-order valence-corrected chi connectivity index (χ4v) is 2.93. The standard InChI is InChI=1S/C20H26N4O3/c1-14-13-21-17(15-5-7-16(25)8-6-15)22-18(14)23-9-11-24(12-10-23)19(26)27-20(2,3)4/h5-8,13,25H,9-12H2,1-4H3. The van der Waals surface area contributed by atoms with E-state index in [1.807, 2.05) is 33.9 Å². The number of aryl methyl sites for hydroxylation is 1. The molecule has 1 fully saturated rings. The Hall–Kier alpha value is -2.83. The Morgan fingerprint density at radius 2 is 1.74 bits per heavy atom. The zero-order valence-electron chi connectivity index (χ0n) is 16.3. The van der Waals surface area contributed by atoms with Gasteiger partial charge in [-0.15, -0.1) is 0 Å². The van der Waals surface area contributed by atoms with Crippen molar-refractivity contribution in [2.24, 2.45) is 0 Å². The number of nitrogens with zero attached hydrogens (tertiary/aromatic N) is 4. The lowest BCUT2D eigenvalue weighted by atomic mass is 10.2. The predicted molar refractivity (Wildman–Crippen MR) is 104 cm³/mol. The van der Waals surface area contributed by atoms with Gasteiger partial charge in [0.2, 0.25) is 0 Å². The lowest BCUT2D eigenvalue weighted by Gasteiger charge is -2.36. The molecule has 0 saturated carbocycles. The lowest BCUT2D eigenvalue weighted by Crippen LogP contribution is -2.50. The maximum absolute atomic E-state index is 12.2. The molecule has 144 valence electrons. The number of carbonyl (C=O) groups excluding carboxylic acids is 1. The number of ether oxygens (including phenoxy) is 1. The highest BCUT2D eigenvalue weighted by Crippen LogP contribution is 2.24. The van der Waals surface area contributed by atoms with Gasteiger partial charge in [-0.05, 0) is 52.0 Å². The first-order valence-electron chi connectivity index (χ1n) is 9.09. The molecule has 27 heavy (non-hydrogen) atoms. The summed E-state index contributed by atoms with van der Waals surface area (Å²) in [4.78, 5) is 25.3. The number of hydrogen-bond donors (Lipinski definition) is 1. The molecule has 0 bridgehead atoms. The van der Waals surface area contributed by atoms with Crippen molar-refractivity contribution in [3.05, 3.63) is 36.0 Å². The topological polar surface area (TPSA) is 78.8 Å². The summed E-state index contributed by atoms with van der Waals surface area (Å²) >= 11 is 0. The normalized spacial score (nSPS) is 15.0. The molecule has 1 amide bonds. The lowest BCUT2D eigenvalue weighted by molar-refractivity contribution is 0.0240. The number of aromatic nitrogens is 2. The Balaban J connectivity index is 1.71. The number of anilines is 1. The summed E-state index contributed by atoms with van der Waals surface area (Å²) < 4.78 is 5.45. The van der Waals surface area contributed by atoms with Crippen LogP contribution in [0.2, 0.25) is 0 Å². The van der Waals surface area contributed by atoms with Crippen LogP contribution in [0.1, 0.15) is 26.3 Å². The molecule has 2 aromatic rings. The van der Waals surface area contributed by atoms with Crippen molar-refractivity contribution < 1.29 is 14.6 Å². The van der Waals surface area contributed by atoms with Crippen molar-refractivity contribution in [2.45, 2.75) is 33.3 Å². The van der Waals surface area contributed by atoms with Gasteiger partial charge in [0.05, 0.1) is 0 Å². The van der Waals surface area contributed by atoms with E-state index in [9.17, 15) is 9.90 Å². The molecule has 0 aliphatic carbocycles. The maximum atomic E-state index is 12.2. The molecule has 1 aromatic carbocycles. The summed E-state index contributed by atoms with van der Waals surface area (Å²) in [7, 11) is 0. The summed E-state index contributed by atoms with van der Waals surface area (Å²) in [6, 6.07) is 6.84. The van der Waals surface area contributed by atoms with Crippen LogP contribution in [-0.4, -0.2) is 57.8 Å². The molecule has 1 saturated heterocycles. The van der Waals surface area contributed by atoms with E-state index in [2.05, 4.69) is 9.88 Å². The molecule has 0 unspecified atom stereocenters. The first kappa shape index (κ1) is 18.9. The minimum atomic E-state index is -0.490. The van der Waals surface area contributed by atoms with Crippen LogP contribution in [0.25, 0.3) is 11.4 Å². The third-order valence-corrected chi connectivity index (χ3v) is 4.30. The van der Waals surface area contributed by atoms with Gasteiger partial charge in [-0.3, -0.25) is 0 Å². The second kappa shape index (κ2) is 7.42. The second-order valence-corrected chi connectivity index (χ2v) is 7.70. The molecule has 2 heterocycles. The van der Waals surface area contributed by atoms with Crippen LogP contribution in [0.5, 0.6) is 5.75 Å². The van der Waals surface area contributed by atoms with E-state index in [0.717, 1.165) is 16.9 Å². The Kier molecular flexibility index (Phi) is 5.21. The number of phenols is 1. The fourth-order valence-electron chi connectivity index (χ4n) is 2.93. The molecule has 1 aliphatic heterocycles. The van der Waals surface area contributed by atoms with Gasteiger partial charge in [0.15, 0.2) is 5.82 Å². The molecule has 1 aromatic heterocycles. The number of hydrogen-bond acceptors (Lipinski definition) is 6. The van der Waals surface area contributed by atoms with Crippen molar-refractivity contribution in [1.29, 1.82) is 0 Å². The molecule has 3 rings (SSSR count). The molecular formula is C20H26N4O3. The van der Waals surface area contributed by atoms with Crippen LogP contribution in [0.15, 0.2) is 30.5 Å². The third-order valence-electron chi connectivity index (χ3n) is 4.30. The summed E-state index contributed by atoms with van der Waals surface area (Å²) in [5.74, 6) is 1.70. The Morgan fingerprint density at radius 1 is 1.11 bits per heavy atom. The van der Waals surface area contributed by atoms with E-state index in [1.54, 1.807) is 29.2 Å². The Morgan fingerprint density at radius 3 is 2.33 bits per heavy atom. The Labute approximate surface area is 159 Å². The van der Waals surface area contributed by atoms with E-state index >= 15 is 0 Å². The smallest absolute Gasteiger partial charge is 0.410 e. The molecule has 1 aliphatic rings. The quantitative estimate of drug-likeness (QED) is 0.874. The van der Waals surface area contributed by atoms with Crippen LogP contribution in [-0.2, 0) is 4.74 Å². The summed E-state index contributed by atoms with van der Waals surface area (Å²) in [5.41, 5.74) is 1.35. The van der Waals surface area contributed by atoms with E-state index in [1.165, 1.54) is 0 Å².